The van der Waals surface area contributed by atoms with Gasteiger partial charge in [-0.05, 0) is 35.9 Å². The molecule has 0 radical (unpaired) electrons. The Labute approximate surface area is 162 Å². The maximum atomic E-state index is 11.2. The molecule has 3 rings (SSSR count). The van der Waals surface area contributed by atoms with Gasteiger partial charge < -0.3 is 20.5 Å². The molecule has 0 aliphatic carbocycles. The molecule has 7 nitrogen and oxygen atoms in total. The lowest BCUT2D eigenvalue weighted by atomic mass is 10.1. The van der Waals surface area contributed by atoms with Crippen LogP contribution in [0.3, 0.4) is 0 Å². The van der Waals surface area contributed by atoms with Crippen LogP contribution in [0.4, 0.5) is 5.82 Å². The van der Waals surface area contributed by atoms with Crippen LogP contribution in [-0.2, 0) is 4.79 Å². The Morgan fingerprint density at radius 2 is 1.79 bits per heavy atom. The molecule has 0 saturated heterocycles. The van der Waals surface area contributed by atoms with E-state index in [4.69, 9.17) is 15.2 Å². The molecule has 28 heavy (non-hydrogen) atoms. The van der Waals surface area contributed by atoms with Crippen molar-refractivity contribution in [1.82, 2.24) is 15.3 Å². The van der Waals surface area contributed by atoms with Crippen molar-refractivity contribution in [1.29, 1.82) is 0 Å². The van der Waals surface area contributed by atoms with Gasteiger partial charge in [0.25, 0.3) is 0 Å². The third-order valence-electron chi connectivity index (χ3n) is 3.79. The van der Waals surface area contributed by atoms with Crippen molar-refractivity contribution in [2.75, 3.05) is 18.9 Å². The van der Waals surface area contributed by atoms with Crippen molar-refractivity contribution in [3.05, 3.63) is 73.6 Å². The molecule has 1 heterocycles. The molecule has 0 aliphatic rings. The summed E-state index contributed by atoms with van der Waals surface area (Å²) >= 11 is 0. The number of nitrogens with zero attached hydrogens (tertiary/aromatic N) is 2. The van der Waals surface area contributed by atoms with Crippen LogP contribution in [0, 0.1) is 0 Å². The van der Waals surface area contributed by atoms with Crippen LogP contribution in [-0.4, -0.2) is 29.0 Å². The highest BCUT2D eigenvalue weighted by molar-refractivity contribution is 5.86. The first kappa shape index (κ1) is 18.9. The number of nitrogens with one attached hydrogen (secondary N) is 1. The number of carbonyl (C=O) groups excluding carboxylic acids is 1. The molecular weight excluding hydrogens is 356 g/mol. The minimum absolute atomic E-state index is 0.234. The fourth-order valence-corrected chi connectivity index (χ4v) is 2.47. The minimum atomic E-state index is -0.264. The molecule has 3 N–H and O–H groups in total. The second-order valence-corrected chi connectivity index (χ2v) is 5.72. The van der Waals surface area contributed by atoms with Gasteiger partial charge in [0.2, 0.25) is 11.8 Å². The number of amides is 1. The highest BCUT2D eigenvalue weighted by atomic mass is 16.5. The van der Waals surface area contributed by atoms with E-state index in [1.807, 2.05) is 54.6 Å². The summed E-state index contributed by atoms with van der Waals surface area (Å²) < 4.78 is 11.5. The number of hydrogen-bond acceptors (Lipinski definition) is 6. The predicted octanol–water partition coefficient (Wildman–Crippen LogP) is 3.20. The fourth-order valence-electron chi connectivity index (χ4n) is 2.47. The lowest BCUT2D eigenvalue weighted by Crippen LogP contribution is -2.26. The number of ether oxygens (including phenoxy) is 2. The predicted molar refractivity (Wildman–Crippen MR) is 107 cm³/mol. The van der Waals surface area contributed by atoms with Crippen LogP contribution in [0.1, 0.15) is 0 Å². The van der Waals surface area contributed by atoms with Crippen LogP contribution in [0.25, 0.3) is 11.1 Å². The molecule has 2 aromatic carbocycles. The first-order chi connectivity index (χ1) is 13.7. The molecule has 3 aromatic rings. The van der Waals surface area contributed by atoms with Crippen molar-refractivity contribution < 1.29 is 14.3 Å². The highest BCUT2D eigenvalue weighted by Gasteiger charge is 2.13. The number of anilines is 1. The monoisotopic (exact) mass is 376 g/mol. The Balaban J connectivity index is 1.73. The zero-order chi connectivity index (χ0) is 19.8. The number of aromatic nitrogens is 2. The summed E-state index contributed by atoms with van der Waals surface area (Å²) in [4.78, 5) is 19.4. The first-order valence-corrected chi connectivity index (χ1v) is 8.64. The Bertz CT molecular complexity index is 944. The maximum Gasteiger partial charge on any atom is 0.243 e. The number of rotatable bonds is 8. The van der Waals surface area contributed by atoms with Crippen LogP contribution in [0.2, 0.25) is 0 Å². The molecule has 0 atom stereocenters. The molecule has 0 aliphatic heterocycles. The van der Waals surface area contributed by atoms with E-state index < -0.39 is 0 Å². The molecule has 0 fully saturated rings. The standard InChI is InChI=1S/C21H20N4O3/c1-2-18(26)23-12-13-27-21-19(20(22)24-14-25-21)15-8-10-17(11-9-15)28-16-6-4-3-5-7-16/h2-11,14H,1,12-13H2,(H,23,26)(H2,22,24,25). The largest absolute Gasteiger partial charge is 0.475 e. The van der Waals surface area contributed by atoms with E-state index in [-0.39, 0.29) is 12.5 Å². The highest BCUT2D eigenvalue weighted by Crippen LogP contribution is 2.33. The van der Waals surface area contributed by atoms with Crippen LogP contribution >= 0.6 is 0 Å². The number of nitrogens with two attached hydrogens (primary N) is 1. The van der Waals surface area contributed by atoms with E-state index >= 15 is 0 Å². The van der Waals surface area contributed by atoms with E-state index in [1.165, 1.54) is 12.4 Å². The van der Waals surface area contributed by atoms with Gasteiger partial charge in [0.1, 0.15) is 30.3 Å². The van der Waals surface area contributed by atoms with Gasteiger partial charge in [-0.1, -0.05) is 36.9 Å². The molecule has 1 amide bonds. The molecule has 0 saturated carbocycles. The zero-order valence-electron chi connectivity index (χ0n) is 15.2. The third-order valence-corrected chi connectivity index (χ3v) is 3.79. The van der Waals surface area contributed by atoms with Crippen molar-refractivity contribution >= 4 is 11.7 Å². The maximum absolute atomic E-state index is 11.2. The number of benzene rings is 2. The normalized spacial score (nSPS) is 10.1. The lowest BCUT2D eigenvalue weighted by molar-refractivity contribution is -0.116. The van der Waals surface area contributed by atoms with Gasteiger partial charge in [0.05, 0.1) is 12.1 Å². The number of hydrogen-bond donors (Lipinski definition) is 2. The van der Waals surface area contributed by atoms with Gasteiger partial charge in [0, 0.05) is 0 Å². The molecule has 1 aromatic heterocycles. The Morgan fingerprint density at radius 3 is 2.50 bits per heavy atom. The molecule has 142 valence electrons. The summed E-state index contributed by atoms with van der Waals surface area (Å²) in [6, 6.07) is 16.9. The molecule has 0 spiro atoms. The molecule has 7 heteroatoms. The summed E-state index contributed by atoms with van der Waals surface area (Å²) in [5.41, 5.74) is 7.43. The third kappa shape index (κ3) is 4.85. The second-order valence-electron chi connectivity index (χ2n) is 5.72. The van der Waals surface area contributed by atoms with Gasteiger partial charge in [-0.15, -0.1) is 0 Å². The Hall–Kier alpha value is -3.87. The zero-order valence-corrected chi connectivity index (χ0v) is 15.2. The Morgan fingerprint density at radius 1 is 1.07 bits per heavy atom. The smallest absolute Gasteiger partial charge is 0.243 e. The van der Waals surface area contributed by atoms with E-state index in [0.717, 1.165) is 11.3 Å². The summed E-state index contributed by atoms with van der Waals surface area (Å²) in [7, 11) is 0. The Kier molecular flexibility index (Phi) is 6.20. The second kappa shape index (κ2) is 9.18. The van der Waals surface area contributed by atoms with Crippen molar-refractivity contribution in [3.63, 3.8) is 0 Å². The fraction of sp³-hybridized carbons (Fsp3) is 0.0952. The summed E-state index contributed by atoms with van der Waals surface area (Å²) in [5, 5.41) is 2.63. The van der Waals surface area contributed by atoms with Gasteiger partial charge in [0.15, 0.2) is 0 Å². The van der Waals surface area contributed by atoms with E-state index in [1.54, 1.807) is 0 Å². The summed E-state index contributed by atoms with van der Waals surface area (Å²) in [5.74, 6) is 1.83. The van der Waals surface area contributed by atoms with Gasteiger partial charge in [-0.25, -0.2) is 9.97 Å². The summed E-state index contributed by atoms with van der Waals surface area (Å²) in [6.07, 6.45) is 2.54. The summed E-state index contributed by atoms with van der Waals surface area (Å²) in [6.45, 7) is 3.95. The van der Waals surface area contributed by atoms with Crippen LogP contribution in [0.5, 0.6) is 17.4 Å². The van der Waals surface area contributed by atoms with Crippen LogP contribution < -0.4 is 20.5 Å². The van der Waals surface area contributed by atoms with E-state index in [0.29, 0.717) is 29.6 Å². The van der Waals surface area contributed by atoms with Gasteiger partial charge in [-0.2, -0.15) is 0 Å². The van der Waals surface area contributed by atoms with E-state index in [2.05, 4.69) is 21.9 Å². The van der Waals surface area contributed by atoms with Gasteiger partial charge in [-0.3, -0.25) is 4.79 Å². The van der Waals surface area contributed by atoms with E-state index in [9.17, 15) is 4.79 Å². The van der Waals surface area contributed by atoms with Gasteiger partial charge >= 0.3 is 0 Å². The first-order valence-electron chi connectivity index (χ1n) is 8.64. The van der Waals surface area contributed by atoms with Crippen molar-refractivity contribution in [2.45, 2.75) is 0 Å². The number of nitrogen functional groups attached to an aromatic ring is 1. The molecule has 0 unspecified atom stereocenters. The van der Waals surface area contributed by atoms with Crippen molar-refractivity contribution in [2.24, 2.45) is 0 Å². The van der Waals surface area contributed by atoms with Crippen molar-refractivity contribution in [3.8, 4) is 28.5 Å². The lowest BCUT2D eigenvalue weighted by Gasteiger charge is -2.13. The SMILES string of the molecule is C=CC(=O)NCCOc1ncnc(N)c1-c1ccc(Oc2ccccc2)cc1. The number of carbonyl (C=O) groups is 1. The topological polar surface area (TPSA) is 99.4 Å². The molecule has 0 bridgehead atoms. The molecular formula is C21H20N4O3. The average Bonchev–Trinajstić information content (AvgIpc) is 2.72. The van der Waals surface area contributed by atoms with Crippen LogP contribution in [0.15, 0.2) is 73.6 Å². The average molecular weight is 376 g/mol. The quantitative estimate of drug-likeness (QED) is 0.463. The number of para-hydroxylation sites is 1. The minimum Gasteiger partial charge on any atom is -0.475 e.